The van der Waals surface area contributed by atoms with Gasteiger partial charge in [0.05, 0.1) is 6.61 Å². The zero-order valence-corrected chi connectivity index (χ0v) is 21.9. The van der Waals surface area contributed by atoms with E-state index in [0.29, 0.717) is 30.9 Å². The van der Waals surface area contributed by atoms with E-state index in [2.05, 4.69) is 28.4 Å². The number of benzene rings is 2. The maximum atomic E-state index is 12.8. The first-order valence-corrected chi connectivity index (χ1v) is 13.4. The number of amides is 2. The van der Waals surface area contributed by atoms with E-state index in [1.807, 2.05) is 49.1 Å². The van der Waals surface area contributed by atoms with Crippen molar-refractivity contribution in [2.24, 2.45) is 5.92 Å². The summed E-state index contributed by atoms with van der Waals surface area (Å²) in [5.74, 6) is 0.964. The number of hydrogen-bond acceptors (Lipinski definition) is 4. The van der Waals surface area contributed by atoms with E-state index in [-0.39, 0.29) is 5.91 Å². The van der Waals surface area contributed by atoms with Gasteiger partial charge in [0.2, 0.25) is 0 Å². The Morgan fingerprint density at radius 2 is 1.61 bits per heavy atom. The number of carbonyl (C=O) groups excluding carboxylic acids is 2. The Hall–Kier alpha value is -3.12. The highest BCUT2D eigenvalue weighted by Crippen LogP contribution is 2.35. The molecule has 0 aromatic heterocycles. The Labute approximate surface area is 215 Å². The lowest BCUT2D eigenvalue weighted by molar-refractivity contribution is 0.0773. The largest absolute Gasteiger partial charge is 0.450 e. The second-order valence-corrected chi connectivity index (χ2v) is 9.70. The average Bonchev–Trinajstić information content (AvgIpc) is 3.71. The first-order chi connectivity index (χ1) is 17.5. The molecule has 192 valence electrons. The molecule has 0 spiro atoms. The molecule has 1 aliphatic carbocycles. The number of hydrogen-bond donors (Lipinski definition) is 1. The lowest BCUT2D eigenvalue weighted by Crippen LogP contribution is -2.32. The molecule has 6 heteroatoms. The standard InChI is InChI=1S/C30H39N3O3/c1-4-33(5-2)29(34)25-14-12-23(13-15-25)28(24-16-18-32(19-17-24)21-22-10-11-22)26-8-7-9-27(20-26)31-30(35)36-6-3/h7-9,12-15,20,22H,4-6,10-11,16-19,21H2,1-3H3,(H,31,35). The summed E-state index contributed by atoms with van der Waals surface area (Å²) in [4.78, 5) is 29.3. The van der Waals surface area contributed by atoms with Gasteiger partial charge in [-0.1, -0.05) is 29.8 Å². The van der Waals surface area contributed by atoms with Crippen LogP contribution in [0, 0.1) is 5.92 Å². The Balaban J connectivity index is 1.64. The van der Waals surface area contributed by atoms with Crippen molar-refractivity contribution in [3.63, 3.8) is 0 Å². The molecule has 2 amide bonds. The van der Waals surface area contributed by atoms with E-state index in [1.165, 1.54) is 30.5 Å². The normalized spacial score (nSPS) is 15.9. The molecule has 0 radical (unpaired) electrons. The zero-order chi connectivity index (χ0) is 25.5. The Morgan fingerprint density at radius 3 is 2.22 bits per heavy atom. The van der Waals surface area contributed by atoms with Crippen LogP contribution in [0.2, 0.25) is 0 Å². The topological polar surface area (TPSA) is 61.9 Å². The van der Waals surface area contributed by atoms with E-state index < -0.39 is 6.09 Å². The molecule has 1 N–H and O–H groups in total. The lowest BCUT2D eigenvalue weighted by atomic mass is 9.87. The van der Waals surface area contributed by atoms with Gasteiger partial charge in [-0.05, 0) is 93.3 Å². The van der Waals surface area contributed by atoms with Crippen LogP contribution in [-0.4, -0.2) is 61.1 Å². The summed E-state index contributed by atoms with van der Waals surface area (Å²) in [5, 5.41) is 2.84. The van der Waals surface area contributed by atoms with Gasteiger partial charge in [0, 0.05) is 44.0 Å². The Morgan fingerprint density at radius 1 is 0.944 bits per heavy atom. The van der Waals surface area contributed by atoms with E-state index >= 15 is 0 Å². The summed E-state index contributed by atoms with van der Waals surface area (Å²) in [5.41, 5.74) is 6.23. The third-order valence-corrected chi connectivity index (χ3v) is 7.17. The fraction of sp³-hybridized carbons (Fsp3) is 0.467. The minimum absolute atomic E-state index is 0.0646. The summed E-state index contributed by atoms with van der Waals surface area (Å²) < 4.78 is 5.07. The second kappa shape index (κ2) is 12.2. The highest BCUT2D eigenvalue weighted by molar-refractivity contribution is 5.95. The van der Waals surface area contributed by atoms with Crippen molar-refractivity contribution in [3.05, 3.63) is 70.8 Å². The van der Waals surface area contributed by atoms with Crippen LogP contribution in [0.15, 0.2) is 54.1 Å². The van der Waals surface area contributed by atoms with Gasteiger partial charge < -0.3 is 14.5 Å². The lowest BCUT2D eigenvalue weighted by Gasteiger charge is -2.30. The van der Waals surface area contributed by atoms with Gasteiger partial charge in [0.1, 0.15) is 0 Å². The zero-order valence-electron chi connectivity index (χ0n) is 21.9. The van der Waals surface area contributed by atoms with Crippen LogP contribution in [0.5, 0.6) is 0 Å². The van der Waals surface area contributed by atoms with E-state index in [9.17, 15) is 9.59 Å². The van der Waals surface area contributed by atoms with Crippen LogP contribution in [-0.2, 0) is 4.74 Å². The quantitative estimate of drug-likeness (QED) is 0.466. The Kier molecular flexibility index (Phi) is 8.81. The fourth-order valence-electron chi connectivity index (χ4n) is 5.01. The van der Waals surface area contributed by atoms with Crippen LogP contribution < -0.4 is 5.32 Å². The van der Waals surface area contributed by atoms with Gasteiger partial charge in [0.25, 0.3) is 5.91 Å². The fourth-order valence-corrected chi connectivity index (χ4v) is 5.01. The molecule has 1 aliphatic heterocycles. The van der Waals surface area contributed by atoms with Crippen molar-refractivity contribution in [2.45, 2.75) is 46.5 Å². The SMILES string of the molecule is CCOC(=O)Nc1cccc(C(=C2CCN(CC3CC3)CC2)c2ccc(C(=O)N(CC)CC)cc2)c1. The molecule has 0 bridgehead atoms. The molecule has 2 fully saturated rings. The predicted molar refractivity (Wildman–Crippen MR) is 145 cm³/mol. The molecule has 6 nitrogen and oxygen atoms in total. The van der Waals surface area contributed by atoms with Gasteiger partial charge in [-0.2, -0.15) is 0 Å². The molecule has 4 rings (SSSR count). The number of carbonyl (C=O) groups is 2. The predicted octanol–water partition coefficient (Wildman–Crippen LogP) is 6.04. The maximum absolute atomic E-state index is 12.8. The molecule has 1 saturated heterocycles. The van der Waals surface area contributed by atoms with E-state index in [4.69, 9.17) is 4.74 Å². The van der Waals surface area contributed by atoms with Crippen molar-refractivity contribution < 1.29 is 14.3 Å². The van der Waals surface area contributed by atoms with Crippen LogP contribution in [0.1, 0.15) is 67.9 Å². The molecule has 0 unspecified atom stereocenters. The minimum atomic E-state index is -0.448. The highest BCUT2D eigenvalue weighted by Gasteiger charge is 2.27. The first kappa shape index (κ1) is 26.0. The molecular weight excluding hydrogens is 450 g/mol. The van der Waals surface area contributed by atoms with Crippen molar-refractivity contribution in [2.75, 3.05) is 44.6 Å². The molecule has 1 heterocycles. The smallest absolute Gasteiger partial charge is 0.411 e. The maximum Gasteiger partial charge on any atom is 0.411 e. The van der Waals surface area contributed by atoms with Crippen LogP contribution in [0.25, 0.3) is 5.57 Å². The molecule has 1 saturated carbocycles. The van der Waals surface area contributed by atoms with Crippen molar-refractivity contribution in [1.82, 2.24) is 9.80 Å². The Bertz CT molecular complexity index is 1070. The molecule has 2 aliphatic rings. The van der Waals surface area contributed by atoms with E-state index in [0.717, 1.165) is 43.0 Å². The number of likely N-dealkylation sites (tertiary alicyclic amines) is 1. The number of rotatable bonds is 9. The van der Waals surface area contributed by atoms with Crippen LogP contribution in [0.4, 0.5) is 10.5 Å². The summed E-state index contributed by atoms with van der Waals surface area (Å²) in [7, 11) is 0. The number of nitrogens with zero attached hydrogens (tertiary/aromatic N) is 2. The minimum Gasteiger partial charge on any atom is -0.450 e. The number of ether oxygens (including phenoxy) is 1. The van der Waals surface area contributed by atoms with Gasteiger partial charge in [-0.25, -0.2) is 4.79 Å². The molecule has 2 aromatic rings. The summed E-state index contributed by atoms with van der Waals surface area (Å²) in [6, 6.07) is 16.0. The third-order valence-electron chi connectivity index (χ3n) is 7.17. The summed E-state index contributed by atoms with van der Waals surface area (Å²) in [6.07, 6.45) is 4.36. The average molecular weight is 490 g/mol. The van der Waals surface area contributed by atoms with Gasteiger partial charge >= 0.3 is 6.09 Å². The number of nitrogens with one attached hydrogen (secondary N) is 1. The first-order valence-electron chi connectivity index (χ1n) is 13.4. The van der Waals surface area contributed by atoms with Crippen molar-refractivity contribution >= 4 is 23.3 Å². The van der Waals surface area contributed by atoms with E-state index in [1.54, 1.807) is 6.92 Å². The summed E-state index contributed by atoms with van der Waals surface area (Å²) >= 11 is 0. The molecule has 0 atom stereocenters. The van der Waals surface area contributed by atoms with Crippen LogP contribution in [0.3, 0.4) is 0 Å². The molecule has 36 heavy (non-hydrogen) atoms. The van der Waals surface area contributed by atoms with Crippen molar-refractivity contribution in [3.8, 4) is 0 Å². The van der Waals surface area contributed by atoms with Gasteiger partial charge in [-0.3, -0.25) is 10.1 Å². The van der Waals surface area contributed by atoms with Crippen LogP contribution >= 0.6 is 0 Å². The number of piperidine rings is 1. The number of anilines is 1. The second-order valence-electron chi connectivity index (χ2n) is 9.70. The van der Waals surface area contributed by atoms with Crippen molar-refractivity contribution in [1.29, 1.82) is 0 Å². The summed E-state index contributed by atoms with van der Waals surface area (Å²) in [6.45, 7) is 10.9. The third kappa shape index (κ3) is 6.55. The highest BCUT2D eigenvalue weighted by atomic mass is 16.5. The monoisotopic (exact) mass is 489 g/mol. The molecular formula is C30H39N3O3. The van der Waals surface area contributed by atoms with Gasteiger partial charge in [0.15, 0.2) is 0 Å². The van der Waals surface area contributed by atoms with Gasteiger partial charge in [-0.15, -0.1) is 0 Å². The molecule has 2 aromatic carbocycles.